The Morgan fingerprint density at radius 3 is 2.60 bits per heavy atom. The molecule has 0 spiro atoms. The lowest BCUT2D eigenvalue weighted by molar-refractivity contribution is -0.0701. The fourth-order valence-electron chi connectivity index (χ4n) is 3.50. The Morgan fingerprint density at radius 1 is 1.20 bits per heavy atom. The molecule has 3 aromatic rings. The number of anilines is 1. The van der Waals surface area contributed by atoms with Gasteiger partial charge >= 0.3 is 0 Å². The van der Waals surface area contributed by atoms with Crippen molar-refractivity contribution in [1.82, 2.24) is 19.9 Å². The average molecular weight is 409 g/mol. The molecule has 1 aliphatic rings. The van der Waals surface area contributed by atoms with Gasteiger partial charge in [-0.05, 0) is 46.8 Å². The van der Waals surface area contributed by atoms with Crippen LogP contribution in [0.5, 0.6) is 0 Å². The predicted molar refractivity (Wildman–Crippen MR) is 114 cm³/mol. The fraction of sp³-hybridized carbons (Fsp3) is 0.455. The lowest BCUT2D eigenvalue weighted by atomic mass is 10.1. The smallest absolute Gasteiger partial charge is 0.269 e. The average Bonchev–Trinajstić information content (AvgIpc) is 3.00. The molecule has 0 N–H and O–H groups in total. The van der Waals surface area contributed by atoms with Crippen molar-refractivity contribution in [3.05, 3.63) is 58.0 Å². The Balaban J connectivity index is 1.50. The van der Waals surface area contributed by atoms with Crippen LogP contribution in [0.3, 0.4) is 0 Å². The quantitative estimate of drug-likeness (QED) is 0.640. The van der Waals surface area contributed by atoms with Crippen LogP contribution in [0.4, 0.5) is 5.69 Å². The summed E-state index contributed by atoms with van der Waals surface area (Å²) < 4.78 is 12.8. The minimum absolute atomic E-state index is 0.165. The monoisotopic (exact) mass is 409 g/mol. The maximum atomic E-state index is 12.7. The number of hydrogen-bond donors (Lipinski definition) is 0. The van der Waals surface area contributed by atoms with Crippen molar-refractivity contribution in [3.63, 3.8) is 0 Å². The van der Waals surface area contributed by atoms with Gasteiger partial charge < -0.3 is 14.2 Å². The zero-order chi connectivity index (χ0) is 21.5. The van der Waals surface area contributed by atoms with E-state index < -0.39 is 0 Å². The molecule has 0 atom stereocenters. The van der Waals surface area contributed by atoms with Crippen molar-refractivity contribution in [2.75, 3.05) is 18.0 Å². The maximum absolute atomic E-state index is 12.7. The first-order valence-electron chi connectivity index (χ1n) is 10.1. The minimum Gasteiger partial charge on any atom is -0.369 e. The minimum atomic E-state index is -0.167. The third kappa shape index (κ3) is 4.28. The number of rotatable bonds is 5. The van der Waals surface area contributed by atoms with Crippen LogP contribution in [-0.2, 0) is 11.3 Å². The van der Waals surface area contributed by atoms with Crippen LogP contribution < -0.4 is 10.5 Å². The molecule has 0 radical (unpaired) electrons. The van der Waals surface area contributed by atoms with Gasteiger partial charge in [0.2, 0.25) is 0 Å². The molecule has 30 heavy (non-hydrogen) atoms. The van der Waals surface area contributed by atoms with E-state index in [9.17, 15) is 4.79 Å². The molecule has 4 rings (SSSR count). The molecule has 4 heterocycles. The largest absolute Gasteiger partial charge is 0.369 e. The Labute approximate surface area is 175 Å². The van der Waals surface area contributed by atoms with E-state index in [1.54, 1.807) is 18.5 Å². The summed E-state index contributed by atoms with van der Waals surface area (Å²) >= 11 is 0. The van der Waals surface area contributed by atoms with Gasteiger partial charge in [0, 0.05) is 42.2 Å². The van der Waals surface area contributed by atoms with Gasteiger partial charge in [-0.1, -0.05) is 5.16 Å². The maximum Gasteiger partial charge on any atom is 0.269 e. The molecule has 1 saturated heterocycles. The van der Waals surface area contributed by atoms with E-state index >= 15 is 0 Å². The second-order valence-corrected chi connectivity index (χ2v) is 8.72. The lowest BCUT2D eigenvalue weighted by Crippen LogP contribution is -2.54. The molecular formula is C22H27N5O3. The molecule has 0 amide bonds. The summed E-state index contributed by atoms with van der Waals surface area (Å²) in [6, 6.07) is 5.49. The van der Waals surface area contributed by atoms with Crippen molar-refractivity contribution in [2.24, 2.45) is 0 Å². The molecule has 0 aromatic carbocycles. The number of pyridine rings is 1. The van der Waals surface area contributed by atoms with Crippen LogP contribution in [0.15, 0.2) is 39.9 Å². The van der Waals surface area contributed by atoms with E-state index in [0.717, 1.165) is 35.6 Å². The highest BCUT2D eigenvalue weighted by Gasteiger charge is 2.31. The molecule has 0 saturated carbocycles. The summed E-state index contributed by atoms with van der Waals surface area (Å²) in [6.07, 6.45) is 3.66. The van der Waals surface area contributed by atoms with Gasteiger partial charge in [-0.15, -0.1) is 0 Å². The topological polar surface area (TPSA) is 86.3 Å². The SMILES string of the molecule is Cc1ccc(-c2noc(C)c2Cn2ncc(N3CC(OC(C)(C)C)C3)cc2=O)cn1. The number of aromatic nitrogens is 4. The molecule has 8 nitrogen and oxygen atoms in total. The summed E-state index contributed by atoms with van der Waals surface area (Å²) in [7, 11) is 0. The van der Waals surface area contributed by atoms with Crippen LogP contribution in [0.1, 0.15) is 37.8 Å². The number of nitrogens with zero attached hydrogens (tertiary/aromatic N) is 5. The number of ether oxygens (including phenoxy) is 1. The van der Waals surface area contributed by atoms with Gasteiger partial charge in [0.25, 0.3) is 5.56 Å². The molecular weight excluding hydrogens is 382 g/mol. The molecule has 1 aliphatic heterocycles. The van der Waals surface area contributed by atoms with Gasteiger partial charge in [0.15, 0.2) is 0 Å². The Bertz CT molecular complexity index is 1090. The highest BCUT2D eigenvalue weighted by Crippen LogP contribution is 2.26. The second kappa shape index (κ2) is 7.68. The van der Waals surface area contributed by atoms with Crippen molar-refractivity contribution in [1.29, 1.82) is 0 Å². The first-order valence-corrected chi connectivity index (χ1v) is 10.1. The molecule has 158 valence electrons. The van der Waals surface area contributed by atoms with Gasteiger partial charge in [-0.3, -0.25) is 9.78 Å². The van der Waals surface area contributed by atoms with Crippen LogP contribution >= 0.6 is 0 Å². The highest BCUT2D eigenvalue weighted by molar-refractivity contribution is 5.62. The zero-order valence-electron chi connectivity index (χ0n) is 18.0. The molecule has 3 aromatic heterocycles. The summed E-state index contributed by atoms with van der Waals surface area (Å²) in [5, 5.41) is 8.55. The van der Waals surface area contributed by atoms with E-state index in [-0.39, 0.29) is 23.8 Å². The van der Waals surface area contributed by atoms with Crippen molar-refractivity contribution < 1.29 is 9.26 Å². The molecule has 0 bridgehead atoms. The number of hydrogen-bond acceptors (Lipinski definition) is 7. The molecule has 0 aliphatic carbocycles. The van der Waals surface area contributed by atoms with E-state index in [2.05, 4.69) is 20.1 Å². The standard InChI is InChI=1S/C22H27N5O3/c1-14-6-7-16(9-23-14)21-19(15(2)30-25-21)13-27-20(28)8-17(10-24-27)26-11-18(12-26)29-22(3,4)5/h6-10,18H,11-13H2,1-5H3. The lowest BCUT2D eigenvalue weighted by Gasteiger charge is -2.43. The summed E-state index contributed by atoms with van der Waals surface area (Å²) in [6.45, 7) is 11.7. The van der Waals surface area contributed by atoms with Gasteiger partial charge in [-0.2, -0.15) is 5.10 Å². The van der Waals surface area contributed by atoms with E-state index in [0.29, 0.717) is 11.5 Å². The first-order chi connectivity index (χ1) is 14.2. The van der Waals surface area contributed by atoms with Crippen molar-refractivity contribution in [3.8, 4) is 11.3 Å². The Morgan fingerprint density at radius 2 is 1.97 bits per heavy atom. The normalized spacial score (nSPS) is 14.8. The van der Waals surface area contributed by atoms with E-state index in [1.165, 1.54) is 4.68 Å². The van der Waals surface area contributed by atoms with Gasteiger partial charge in [0.1, 0.15) is 11.5 Å². The van der Waals surface area contributed by atoms with Crippen LogP contribution in [0.2, 0.25) is 0 Å². The number of aryl methyl sites for hydroxylation is 2. The van der Waals surface area contributed by atoms with Crippen LogP contribution in [0, 0.1) is 13.8 Å². The van der Waals surface area contributed by atoms with Gasteiger partial charge in [0.05, 0.1) is 30.1 Å². The summed E-state index contributed by atoms with van der Waals surface area (Å²) in [5.41, 5.74) is 3.77. The second-order valence-electron chi connectivity index (χ2n) is 8.72. The Hall–Kier alpha value is -3.00. The highest BCUT2D eigenvalue weighted by atomic mass is 16.5. The molecule has 0 unspecified atom stereocenters. The van der Waals surface area contributed by atoms with Gasteiger partial charge in [-0.25, -0.2) is 4.68 Å². The van der Waals surface area contributed by atoms with E-state index in [4.69, 9.17) is 9.26 Å². The predicted octanol–water partition coefficient (Wildman–Crippen LogP) is 2.96. The Kier molecular flexibility index (Phi) is 5.19. The summed E-state index contributed by atoms with van der Waals surface area (Å²) in [4.78, 5) is 19.1. The summed E-state index contributed by atoms with van der Waals surface area (Å²) in [5.74, 6) is 0.660. The zero-order valence-corrected chi connectivity index (χ0v) is 18.0. The van der Waals surface area contributed by atoms with E-state index in [1.807, 2.05) is 46.8 Å². The third-order valence-corrected chi connectivity index (χ3v) is 5.07. The third-order valence-electron chi connectivity index (χ3n) is 5.07. The fourth-order valence-corrected chi connectivity index (χ4v) is 3.50. The van der Waals surface area contributed by atoms with Crippen LogP contribution in [0.25, 0.3) is 11.3 Å². The first kappa shape index (κ1) is 20.3. The molecule has 1 fully saturated rings. The van der Waals surface area contributed by atoms with Crippen molar-refractivity contribution >= 4 is 5.69 Å². The van der Waals surface area contributed by atoms with Crippen molar-refractivity contribution in [2.45, 2.75) is 52.9 Å². The molecule has 8 heteroatoms. The van der Waals surface area contributed by atoms with Crippen LogP contribution in [-0.4, -0.2) is 44.7 Å².